The number of anilines is 2. The third kappa shape index (κ3) is 1.74. The van der Waals surface area contributed by atoms with Crippen LogP contribution in [0.3, 0.4) is 0 Å². The van der Waals surface area contributed by atoms with Gasteiger partial charge in [0.15, 0.2) is 11.6 Å². The van der Waals surface area contributed by atoms with Gasteiger partial charge in [0.05, 0.1) is 5.56 Å². The molecule has 0 atom stereocenters. The number of carbonyl (C=O) groups excluding carboxylic acids is 2. The van der Waals surface area contributed by atoms with Gasteiger partial charge < -0.3 is 11.5 Å². The van der Waals surface area contributed by atoms with Crippen LogP contribution in [0.4, 0.5) is 11.4 Å². The highest BCUT2D eigenvalue weighted by atomic mass is 16.1. The first-order valence-electron chi connectivity index (χ1n) is 4.14. The Kier molecular flexibility index (Phi) is 2.56. The summed E-state index contributed by atoms with van der Waals surface area (Å²) in [4.78, 5) is 22.2. The molecule has 14 heavy (non-hydrogen) atoms. The summed E-state index contributed by atoms with van der Waals surface area (Å²) in [5, 5.41) is 0. The lowest BCUT2D eigenvalue weighted by atomic mass is 10.0. The third-order valence-electron chi connectivity index (χ3n) is 1.96. The van der Waals surface area contributed by atoms with Crippen LogP contribution in [0.2, 0.25) is 0 Å². The molecule has 0 radical (unpaired) electrons. The summed E-state index contributed by atoms with van der Waals surface area (Å²) in [5.41, 5.74) is 12.4. The second kappa shape index (κ2) is 3.49. The predicted molar refractivity (Wildman–Crippen MR) is 55.3 cm³/mol. The molecule has 1 rings (SSSR count). The molecule has 0 aromatic heterocycles. The second-order valence-electron chi connectivity index (χ2n) is 3.14. The summed E-state index contributed by atoms with van der Waals surface area (Å²) >= 11 is 0. The lowest BCUT2D eigenvalue weighted by Gasteiger charge is -2.07. The van der Waals surface area contributed by atoms with Crippen molar-refractivity contribution < 1.29 is 9.59 Å². The summed E-state index contributed by atoms with van der Waals surface area (Å²) in [6.45, 7) is 2.80. The molecule has 0 unspecified atom stereocenters. The molecule has 0 heterocycles. The topological polar surface area (TPSA) is 86.2 Å². The van der Waals surface area contributed by atoms with Crippen molar-refractivity contribution in [2.75, 3.05) is 11.5 Å². The van der Waals surface area contributed by atoms with E-state index in [4.69, 9.17) is 11.5 Å². The zero-order chi connectivity index (χ0) is 10.9. The molecule has 0 aliphatic rings. The maximum absolute atomic E-state index is 11.1. The second-order valence-corrected chi connectivity index (χ2v) is 3.14. The zero-order valence-corrected chi connectivity index (χ0v) is 8.13. The van der Waals surface area contributed by atoms with Crippen LogP contribution in [0.5, 0.6) is 0 Å². The average molecular weight is 192 g/mol. The third-order valence-corrected chi connectivity index (χ3v) is 1.96. The van der Waals surface area contributed by atoms with Gasteiger partial charge in [-0.3, -0.25) is 9.59 Å². The minimum Gasteiger partial charge on any atom is -0.398 e. The van der Waals surface area contributed by atoms with Crippen LogP contribution >= 0.6 is 0 Å². The molecule has 4 heteroatoms. The van der Waals surface area contributed by atoms with Crippen molar-refractivity contribution in [2.45, 2.75) is 13.8 Å². The number of ketones is 2. The van der Waals surface area contributed by atoms with Gasteiger partial charge >= 0.3 is 0 Å². The summed E-state index contributed by atoms with van der Waals surface area (Å²) in [5.74, 6) is -0.325. The van der Waals surface area contributed by atoms with E-state index >= 15 is 0 Å². The highest BCUT2D eigenvalue weighted by Crippen LogP contribution is 2.22. The molecule has 0 saturated carbocycles. The summed E-state index contributed by atoms with van der Waals surface area (Å²) < 4.78 is 0. The number of carbonyl (C=O) groups is 2. The average Bonchev–Trinajstić information content (AvgIpc) is 2.01. The van der Waals surface area contributed by atoms with Gasteiger partial charge in [-0.25, -0.2) is 0 Å². The summed E-state index contributed by atoms with van der Waals surface area (Å²) in [6, 6.07) is 2.94. The molecule has 4 nitrogen and oxygen atoms in total. The van der Waals surface area contributed by atoms with Crippen molar-refractivity contribution in [3.05, 3.63) is 23.3 Å². The highest BCUT2D eigenvalue weighted by Gasteiger charge is 2.12. The number of Topliss-reactive ketones (excluding diaryl/α,β-unsaturated/α-hetero) is 2. The number of rotatable bonds is 2. The highest BCUT2D eigenvalue weighted by molar-refractivity contribution is 6.06. The molecule has 0 aliphatic heterocycles. The Morgan fingerprint density at radius 1 is 1.00 bits per heavy atom. The molecule has 0 aliphatic carbocycles. The number of nitrogens with two attached hydrogens (primary N) is 2. The van der Waals surface area contributed by atoms with Crippen molar-refractivity contribution in [2.24, 2.45) is 0 Å². The normalized spacial score (nSPS) is 9.86. The van der Waals surface area contributed by atoms with Crippen LogP contribution in [0.25, 0.3) is 0 Å². The van der Waals surface area contributed by atoms with Gasteiger partial charge in [-0.1, -0.05) is 0 Å². The predicted octanol–water partition coefficient (Wildman–Crippen LogP) is 1.26. The van der Waals surface area contributed by atoms with Crippen LogP contribution in [0.15, 0.2) is 12.1 Å². The Morgan fingerprint density at radius 3 is 1.71 bits per heavy atom. The molecule has 74 valence electrons. The fourth-order valence-corrected chi connectivity index (χ4v) is 1.30. The van der Waals surface area contributed by atoms with Crippen LogP contribution in [0.1, 0.15) is 34.6 Å². The minimum absolute atomic E-state index is 0.126. The fraction of sp³-hybridized carbons (Fsp3) is 0.200. The molecule has 0 fully saturated rings. The van der Waals surface area contributed by atoms with E-state index in [1.54, 1.807) is 0 Å². The van der Waals surface area contributed by atoms with Gasteiger partial charge in [-0.05, 0) is 26.0 Å². The molecule has 0 bridgehead atoms. The maximum atomic E-state index is 11.1. The zero-order valence-electron chi connectivity index (χ0n) is 8.13. The Bertz CT molecular complexity index is 388. The lowest BCUT2D eigenvalue weighted by molar-refractivity contribution is 0.100. The number of hydrogen-bond acceptors (Lipinski definition) is 4. The van der Waals surface area contributed by atoms with E-state index < -0.39 is 0 Å². The van der Waals surface area contributed by atoms with Gasteiger partial charge in [-0.15, -0.1) is 0 Å². The van der Waals surface area contributed by atoms with E-state index in [1.807, 2.05) is 0 Å². The van der Waals surface area contributed by atoms with Crippen LogP contribution in [-0.2, 0) is 0 Å². The SMILES string of the molecule is CC(=O)c1cc(N)c(C(C)=O)c(N)c1. The largest absolute Gasteiger partial charge is 0.398 e. The van der Waals surface area contributed by atoms with E-state index in [2.05, 4.69) is 0 Å². The smallest absolute Gasteiger partial charge is 0.163 e. The van der Waals surface area contributed by atoms with Crippen molar-refractivity contribution in [3.8, 4) is 0 Å². The van der Waals surface area contributed by atoms with E-state index in [1.165, 1.54) is 26.0 Å². The van der Waals surface area contributed by atoms with Gasteiger partial charge in [-0.2, -0.15) is 0 Å². The molecule has 1 aromatic rings. The molecule has 4 N–H and O–H groups in total. The Labute approximate surface area is 81.9 Å². The summed E-state index contributed by atoms with van der Waals surface area (Å²) in [6.07, 6.45) is 0. The first kappa shape index (κ1) is 10.2. The van der Waals surface area contributed by atoms with Gasteiger partial charge in [0.2, 0.25) is 0 Å². The number of benzene rings is 1. The fourth-order valence-electron chi connectivity index (χ4n) is 1.30. The van der Waals surface area contributed by atoms with E-state index in [0.717, 1.165) is 0 Å². The Hall–Kier alpha value is -1.84. The van der Waals surface area contributed by atoms with Crippen molar-refractivity contribution in [1.29, 1.82) is 0 Å². The van der Waals surface area contributed by atoms with Crippen LogP contribution in [-0.4, -0.2) is 11.6 Å². The Balaban J connectivity index is 3.39. The maximum Gasteiger partial charge on any atom is 0.163 e. The Morgan fingerprint density at radius 2 is 1.43 bits per heavy atom. The number of nitrogen functional groups attached to an aromatic ring is 2. The first-order chi connectivity index (χ1) is 6.43. The molecular weight excluding hydrogens is 180 g/mol. The van der Waals surface area contributed by atoms with E-state index in [-0.39, 0.29) is 28.5 Å². The summed E-state index contributed by atoms with van der Waals surface area (Å²) in [7, 11) is 0. The van der Waals surface area contributed by atoms with E-state index in [0.29, 0.717) is 5.56 Å². The monoisotopic (exact) mass is 192 g/mol. The molecule has 1 aromatic carbocycles. The van der Waals surface area contributed by atoms with Crippen molar-refractivity contribution >= 4 is 22.9 Å². The van der Waals surface area contributed by atoms with Gasteiger partial charge in [0, 0.05) is 16.9 Å². The van der Waals surface area contributed by atoms with Gasteiger partial charge in [0.1, 0.15) is 0 Å². The van der Waals surface area contributed by atoms with Crippen molar-refractivity contribution in [1.82, 2.24) is 0 Å². The molecular formula is C10H12N2O2. The van der Waals surface area contributed by atoms with Crippen molar-refractivity contribution in [3.63, 3.8) is 0 Å². The van der Waals surface area contributed by atoms with E-state index in [9.17, 15) is 9.59 Å². The minimum atomic E-state index is -0.199. The lowest BCUT2D eigenvalue weighted by Crippen LogP contribution is -2.07. The van der Waals surface area contributed by atoms with Crippen LogP contribution in [0, 0.1) is 0 Å². The van der Waals surface area contributed by atoms with Crippen LogP contribution < -0.4 is 11.5 Å². The first-order valence-corrected chi connectivity index (χ1v) is 4.14. The molecule has 0 spiro atoms. The molecule has 0 amide bonds. The molecule has 0 saturated heterocycles. The quantitative estimate of drug-likeness (QED) is 0.545. The van der Waals surface area contributed by atoms with Gasteiger partial charge in [0.25, 0.3) is 0 Å². The standard InChI is InChI=1S/C10H12N2O2/c1-5(13)7-3-8(11)10(6(2)14)9(12)4-7/h3-4H,11-12H2,1-2H3. The number of hydrogen-bond donors (Lipinski definition) is 2.